The van der Waals surface area contributed by atoms with Gasteiger partial charge in [0.25, 0.3) is 11.6 Å². The van der Waals surface area contributed by atoms with Gasteiger partial charge in [0.2, 0.25) is 5.91 Å². The van der Waals surface area contributed by atoms with Crippen LogP contribution in [0.15, 0.2) is 48.5 Å². The zero-order chi connectivity index (χ0) is 20.7. The maximum absolute atomic E-state index is 12.2. The number of nitro benzene ring substituents is 1. The van der Waals surface area contributed by atoms with Crippen LogP contribution in [0.2, 0.25) is 0 Å². The van der Waals surface area contributed by atoms with Crippen LogP contribution in [0.1, 0.15) is 37.6 Å². The zero-order valence-electron chi connectivity index (χ0n) is 16.1. The lowest BCUT2D eigenvalue weighted by molar-refractivity contribution is -0.384. The highest BCUT2D eigenvalue weighted by Crippen LogP contribution is 2.16. The normalized spacial score (nSPS) is 10.8. The number of anilines is 2. The molecule has 3 N–H and O–H groups in total. The molecular weight excluding hydrogens is 360 g/mol. The number of amides is 2. The Morgan fingerprint density at radius 1 is 1.00 bits per heavy atom. The Bertz CT molecular complexity index is 846. The van der Waals surface area contributed by atoms with Gasteiger partial charge in [0.1, 0.15) is 0 Å². The van der Waals surface area contributed by atoms with E-state index in [1.807, 2.05) is 20.8 Å². The predicted molar refractivity (Wildman–Crippen MR) is 108 cm³/mol. The minimum absolute atomic E-state index is 0.0192. The van der Waals surface area contributed by atoms with Crippen LogP contribution in [-0.2, 0) is 4.79 Å². The van der Waals surface area contributed by atoms with Crippen LogP contribution in [-0.4, -0.2) is 28.8 Å². The molecule has 0 unspecified atom stereocenters. The van der Waals surface area contributed by atoms with Gasteiger partial charge in [-0.2, -0.15) is 0 Å². The van der Waals surface area contributed by atoms with Crippen LogP contribution < -0.4 is 16.0 Å². The molecule has 0 saturated carbocycles. The summed E-state index contributed by atoms with van der Waals surface area (Å²) in [6, 6.07) is 12.4. The van der Waals surface area contributed by atoms with Gasteiger partial charge in [-0.3, -0.25) is 19.7 Å². The molecule has 28 heavy (non-hydrogen) atoms. The summed E-state index contributed by atoms with van der Waals surface area (Å²) < 4.78 is 0. The second-order valence-corrected chi connectivity index (χ2v) is 6.97. The van der Waals surface area contributed by atoms with Crippen molar-refractivity contribution in [2.75, 3.05) is 17.2 Å². The smallest absolute Gasteiger partial charge is 0.269 e. The van der Waals surface area contributed by atoms with Crippen LogP contribution >= 0.6 is 0 Å². The monoisotopic (exact) mass is 384 g/mol. The molecule has 2 aromatic carbocycles. The van der Waals surface area contributed by atoms with Crippen LogP contribution in [0.3, 0.4) is 0 Å². The number of nitrogens with one attached hydrogen (secondary N) is 3. The average molecular weight is 384 g/mol. The molecule has 0 fully saturated rings. The van der Waals surface area contributed by atoms with E-state index in [9.17, 15) is 19.7 Å². The van der Waals surface area contributed by atoms with Crippen molar-refractivity contribution in [3.05, 3.63) is 64.2 Å². The molecule has 0 heterocycles. The molecule has 0 aliphatic rings. The Labute approximate surface area is 163 Å². The number of nitrogens with zero attached hydrogens (tertiary/aromatic N) is 1. The summed E-state index contributed by atoms with van der Waals surface area (Å²) in [7, 11) is 0. The minimum Gasteiger partial charge on any atom is -0.376 e. The molecule has 8 nitrogen and oxygen atoms in total. The van der Waals surface area contributed by atoms with Gasteiger partial charge in [-0.1, -0.05) is 6.92 Å². The van der Waals surface area contributed by atoms with E-state index in [0.717, 1.165) is 6.42 Å². The number of benzene rings is 2. The Kier molecular flexibility index (Phi) is 6.70. The van der Waals surface area contributed by atoms with Crippen molar-refractivity contribution in [3.8, 4) is 0 Å². The number of nitro groups is 1. The molecule has 8 heteroatoms. The third-order valence-electron chi connectivity index (χ3n) is 4.30. The van der Waals surface area contributed by atoms with E-state index in [1.54, 1.807) is 24.3 Å². The number of carbonyl (C=O) groups excluding carboxylic acids is 2. The highest BCUT2D eigenvalue weighted by molar-refractivity contribution is 5.95. The summed E-state index contributed by atoms with van der Waals surface area (Å²) in [5.74, 6) is -0.435. The second-order valence-electron chi connectivity index (χ2n) is 6.97. The van der Waals surface area contributed by atoms with E-state index in [-0.39, 0.29) is 29.6 Å². The zero-order valence-corrected chi connectivity index (χ0v) is 16.1. The van der Waals surface area contributed by atoms with Crippen molar-refractivity contribution in [2.45, 2.75) is 32.7 Å². The van der Waals surface area contributed by atoms with Crippen LogP contribution in [0.25, 0.3) is 0 Å². The molecule has 2 amide bonds. The Morgan fingerprint density at radius 2 is 1.57 bits per heavy atom. The number of rotatable bonds is 8. The number of hydrogen-bond donors (Lipinski definition) is 3. The maximum Gasteiger partial charge on any atom is 0.269 e. The average Bonchev–Trinajstić information content (AvgIpc) is 2.67. The maximum atomic E-state index is 12.2. The van der Waals surface area contributed by atoms with Gasteiger partial charge in [-0.25, -0.2) is 0 Å². The molecule has 148 valence electrons. The summed E-state index contributed by atoms with van der Waals surface area (Å²) in [5, 5.41) is 19.2. The largest absolute Gasteiger partial charge is 0.376 e. The second kappa shape index (κ2) is 8.98. The standard InChI is InChI=1S/C20H24N4O4/c1-4-20(2,3)23-19(26)14-5-7-15(8-6-14)21-13-18(25)22-16-9-11-17(12-10-16)24(27)28/h5-12,21H,4,13H2,1-3H3,(H,22,25)(H,23,26). The van der Waals surface area contributed by atoms with Crippen LogP contribution in [0, 0.1) is 10.1 Å². The third kappa shape index (κ3) is 6.08. The lowest BCUT2D eigenvalue weighted by Gasteiger charge is -2.24. The van der Waals surface area contributed by atoms with E-state index in [4.69, 9.17) is 0 Å². The molecule has 0 spiro atoms. The summed E-state index contributed by atoms with van der Waals surface area (Å²) in [5.41, 5.74) is 1.40. The molecule has 0 atom stereocenters. The van der Waals surface area contributed by atoms with Gasteiger partial charge in [0.05, 0.1) is 11.5 Å². The molecular formula is C20H24N4O4. The van der Waals surface area contributed by atoms with E-state index < -0.39 is 4.92 Å². The fourth-order valence-corrected chi connectivity index (χ4v) is 2.26. The first-order valence-electron chi connectivity index (χ1n) is 8.91. The van der Waals surface area contributed by atoms with Gasteiger partial charge in [0.15, 0.2) is 0 Å². The SMILES string of the molecule is CCC(C)(C)NC(=O)c1ccc(NCC(=O)Nc2ccc([N+](=O)[O-])cc2)cc1. The molecule has 0 aliphatic heterocycles. The number of hydrogen-bond acceptors (Lipinski definition) is 5. The quantitative estimate of drug-likeness (QED) is 0.476. The molecule has 2 aromatic rings. The van der Waals surface area contributed by atoms with Crippen molar-refractivity contribution in [1.82, 2.24) is 5.32 Å². The molecule has 0 radical (unpaired) electrons. The Balaban J connectivity index is 1.86. The van der Waals surface area contributed by atoms with E-state index in [2.05, 4.69) is 16.0 Å². The predicted octanol–water partition coefficient (Wildman–Crippen LogP) is 3.56. The lowest BCUT2D eigenvalue weighted by Crippen LogP contribution is -2.42. The van der Waals surface area contributed by atoms with Gasteiger partial charge in [-0.15, -0.1) is 0 Å². The van der Waals surface area contributed by atoms with Gasteiger partial charge in [-0.05, 0) is 56.7 Å². The lowest BCUT2D eigenvalue weighted by atomic mass is 10.0. The van der Waals surface area contributed by atoms with Crippen LogP contribution in [0.5, 0.6) is 0 Å². The molecule has 0 bridgehead atoms. The fraction of sp³-hybridized carbons (Fsp3) is 0.300. The fourth-order valence-electron chi connectivity index (χ4n) is 2.26. The van der Waals surface area contributed by atoms with Gasteiger partial charge < -0.3 is 16.0 Å². The van der Waals surface area contributed by atoms with Gasteiger partial charge in [0, 0.05) is 34.6 Å². The minimum atomic E-state index is -0.500. The topological polar surface area (TPSA) is 113 Å². The van der Waals surface area contributed by atoms with Crippen molar-refractivity contribution in [3.63, 3.8) is 0 Å². The van der Waals surface area contributed by atoms with E-state index >= 15 is 0 Å². The summed E-state index contributed by atoms with van der Waals surface area (Å²) in [4.78, 5) is 34.4. The highest BCUT2D eigenvalue weighted by atomic mass is 16.6. The van der Waals surface area contributed by atoms with Crippen molar-refractivity contribution in [2.24, 2.45) is 0 Å². The van der Waals surface area contributed by atoms with E-state index in [0.29, 0.717) is 16.9 Å². The number of carbonyl (C=O) groups is 2. The van der Waals surface area contributed by atoms with Crippen molar-refractivity contribution >= 4 is 28.9 Å². The van der Waals surface area contributed by atoms with Crippen molar-refractivity contribution < 1.29 is 14.5 Å². The molecule has 0 saturated heterocycles. The summed E-state index contributed by atoms with van der Waals surface area (Å²) >= 11 is 0. The first-order valence-corrected chi connectivity index (χ1v) is 8.91. The first-order chi connectivity index (χ1) is 13.2. The third-order valence-corrected chi connectivity index (χ3v) is 4.30. The Hall–Kier alpha value is -3.42. The summed E-state index contributed by atoms with van der Waals surface area (Å²) in [6.07, 6.45) is 0.822. The highest BCUT2D eigenvalue weighted by Gasteiger charge is 2.18. The van der Waals surface area contributed by atoms with Gasteiger partial charge >= 0.3 is 0 Å². The first kappa shape index (κ1) is 20.9. The Morgan fingerprint density at radius 3 is 2.11 bits per heavy atom. The summed E-state index contributed by atoms with van der Waals surface area (Å²) in [6.45, 7) is 5.95. The van der Waals surface area contributed by atoms with E-state index in [1.165, 1.54) is 24.3 Å². The molecule has 2 rings (SSSR count). The molecule has 0 aromatic heterocycles. The van der Waals surface area contributed by atoms with Crippen LogP contribution in [0.4, 0.5) is 17.1 Å². The van der Waals surface area contributed by atoms with Crippen molar-refractivity contribution in [1.29, 1.82) is 0 Å². The number of non-ortho nitro benzene ring substituents is 1. The molecule has 0 aliphatic carbocycles.